The third-order valence-electron chi connectivity index (χ3n) is 4.65. The molecule has 2 heteroatoms. The molecule has 0 heterocycles. The lowest BCUT2D eigenvalue weighted by Gasteiger charge is -2.29. The van der Waals surface area contributed by atoms with Crippen molar-refractivity contribution in [2.24, 2.45) is 0 Å². The number of rotatable bonds is 3. The van der Waals surface area contributed by atoms with Crippen LogP contribution in [0.2, 0.25) is 0 Å². The molecule has 0 spiro atoms. The van der Waals surface area contributed by atoms with Gasteiger partial charge >= 0.3 is 0 Å². The fourth-order valence-electron chi connectivity index (χ4n) is 3.19. The Hall–Kier alpha value is -1.31. The summed E-state index contributed by atoms with van der Waals surface area (Å²) in [5, 5.41) is 0. The molecule has 3 rings (SSSR count). The number of aryl methyl sites for hydroxylation is 2. The summed E-state index contributed by atoms with van der Waals surface area (Å²) < 4.78 is 0. The smallest absolute Gasteiger partial charge is 0.254 e. The van der Waals surface area contributed by atoms with E-state index >= 15 is 0 Å². The average molecular weight is 257 g/mol. The SMILES string of the molecule is Cc1ccc(C(=O)N(C2CCCC2)C2CC2)cc1C. The monoisotopic (exact) mass is 257 g/mol. The van der Waals surface area contributed by atoms with E-state index in [9.17, 15) is 4.79 Å². The van der Waals surface area contributed by atoms with Gasteiger partial charge in [0.05, 0.1) is 0 Å². The Morgan fingerprint density at radius 1 is 1.00 bits per heavy atom. The maximum absolute atomic E-state index is 12.8. The number of carbonyl (C=O) groups excluding carboxylic acids is 1. The van der Waals surface area contributed by atoms with Crippen LogP contribution >= 0.6 is 0 Å². The molecule has 19 heavy (non-hydrogen) atoms. The summed E-state index contributed by atoms with van der Waals surface area (Å²) in [5.41, 5.74) is 3.35. The molecule has 0 N–H and O–H groups in total. The molecule has 2 aliphatic rings. The van der Waals surface area contributed by atoms with Crippen molar-refractivity contribution in [3.63, 3.8) is 0 Å². The molecule has 102 valence electrons. The summed E-state index contributed by atoms with van der Waals surface area (Å²) in [5.74, 6) is 0.262. The number of nitrogens with zero attached hydrogens (tertiary/aromatic N) is 1. The predicted octanol–water partition coefficient (Wildman–Crippen LogP) is 3.85. The topological polar surface area (TPSA) is 20.3 Å². The van der Waals surface area contributed by atoms with Gasteiger partial charge in [-0.15, -0.1) is 0 Å². The van der Waals surface area contributed by atoms with Crippen molar-refractivity contribution < 1.29 is 4.79 Å². The van der Waals surface area contributed by atoms with Gasteiger partial charge in [0.25, 0.3) is 5.91 Å². The Labute approximate surface area is 115 Å². The lowest BCUT2D eigenvalue weighted by atomic mass is 10.0. The minimum atomic E-state index is 0.262. The first kappa shape index (κ1) is 12.7. The molecule has 1 aromatic rings. The number of benzene rings is 1. The molecule has 0 saturated heterocycles. The van der Waals surface area contributed by atoms with Gasteiger partial charge in [0, 0.05) is 17.6 Å². The molecule has 0 atom stereocenters. The first-order valence-corrected chi connectivity index (χ1v) is 7.57. The molecule has 0 radical (unpaired) electrons. The van der Waals surface area contributed by atoms with Gasteiger partial charge in [-0.3, -0.25) is 4.79 Å². The van der Waals surface area contributed by atoms with Crippen LogP contribution in [0, 0.1) is 13.8 Å². The van der Waals surface area contributed by atoms with Crippen molar-refractivity contribution in [2.75, 3.05) is 0 Å². The van der Waals surface area contributed by atoms with Crippen molar-refractivity contribution in [2.45, 2.75) is 64.5 Å². The van der Waals surface area contributed by atoms with Crippen LogP contribution in [0.1, 0.15) is 60.0 Å². The van der Waals surface area contributed by atoms with E-state index in [2.05, 4.69) is 30.9 Å². The van der Waals surface area contributed by atoms with E-state index in [4.69, 9.17) is 0 Å². The molecule has 2 fully saturated rings. The molecule has 0 bridgehead atoms. The molecular weight excluding hydrogens is 234 g/mol. The van der Waals surface area contributed by atoms with Gasteiger partial charge in [0.15, 0.2) is 0 Å². The summed E-state index contributed by atoms with van der Waals surface area (Å²) in [4.78, 5) is 15.0. The van der Waals surface area contributed by atoms with E-state index < -0.39 is 0 Å². The summed E-state index contributed by atoms with van der Waals surface area (Å²) in [6.45, 7) is 4.18. The standard InChI is InChI=1S/C17H23NO/c1-12-7-8-14(11-13(12)2)17(19)18(16-9-10-16)15-5-3-4-6-15/h7-8,11,15-16H,3-6,9-10H2,1-2H3. The highest BCUT2D eigenvalue weighted by atomic mass is 16.2. The summed E-state index contributed by atoms with van der Waals surface area (Å²) in [7, 11) is 0. The van der Waals surface area contributed by atoms with Crippen molar-refractivity contribution in [1.29, 1.82) is 0 Å². The predicted molar refractivity (Wildman–Crippen MR) is 77.4 cm³/mol. The highest BCUT2D eigenvalue weighted by molar-refractivity contribution is 5.95. The van der Waals surface area contributed by atoms with E-state index in [-0.39, 0.29) is 5.91 Å². The van der Waals surface area contributed by atoms with Crippen LogP contribution in [0.25, 0.3) is 0 Å². The lowest BCUT2D eigenvalue weighted by Crippen LogP contribution is -2.40. The molecule has 1 amide bonds. The lowest BCUT2D eigenvalue weighted by molar-refractivity contribution is 0.0664. The van der Waals surface area contributed by atoms with E-state index in [1.807, 2.05) is 6.07 Å². The van der Waals surface area contributed by atoms with Crippen LogP contribution in [0.4, 0.5) is 0 Å². The van der Waals surface area contributed by atoms with Crippen molar-refractivity contribution >= 4 is 5.91 Å². The number of hydrogen-bond acceptors (Lipinski definition) is 1. The third-order valence-corrected chi connectivity index (χ3v) is 4.65. The largest absolute Gasteiger partial charge is 0.333 e. The van der Waals surface area contributed by atoms with Crippen molar-refractivity contribution in [3.05, 3.63) is 34.9 Å². The van der Waals surface area contributed by atoms with Gasteiger partial charge in [-0.1, -0.05) is 18.9 Å². The Kier molecular flexibility index (Phi) is 3.34. The van der Waals surface area contributed by atoms with Gasteiger partial charge in [-0.05, 0) is 62.8 Å². The normalized spacial score (nSPS) is 19.7. The number of carbonyl (C=O) groups is 1. The van der Waals surface area contributed by atoms with Crippen LogP contribution in [0.5, 0.6) is 0 Å². The summed E-state index contributed by atoms with van der Waals surface area (Å²) in [6.07, 6.45) is 7.38. The average Bonchev–Trinajstić information content (AvgIpc) is 3.08. The second-order valence-corrected chi connectivity index (χ2v) is 6.18. The minimum absolute atomic E-state index is 0.262. The summed E-state index contributed by atoms with van der Waals surface area (Å²) in [6, 6.07) is 7.15. The van der Waals surface area contributed by atoms with E-state index in [1.54, 1.807) is 0 Å². The van der Waals surface area contributed by atoms with E-state index in [1.165, 1.54) is 49.7 Å². The van der Waals surface area contributed by atoms with Crippen molar-refractivity contribution in [1.82, 2.24) is 4.90 Å². The highest BCUT2D eigenvalue weighted by Crippen LogP contribution is 2.35. The second-order valence-electron chi connectivity index (χ2n) is 6.18. The minimum Gasteiger partial charge on any atom is -0.333 e. The first-order chi connectivity index (χ1) is 9.16. The Bertz CT molecular complexity index is 484. The van der Waals surface area contributed by atoms with Gasteiger partial charge < -0.3 is 4.90 Å². The van der Waals surface area contributed by atoms with Gasteiger partial charge in [-0.25, -0.2) is 0 Å². The zero-order valence-corrected chi connectivity index (χ0v) is 12.0. The molecule has 1 aromatic carbocycles. The molecule has 0 unspecified atom stereocenters. The zero-order chi connectivity index (χ0) is 13.4. The van der Waals surface area contributed by atoms with Crippen LogP contribution in [0.3, 0.4) is 0 Å². The third kappa shape index (κ3) is 2.54. The fourth-order valence-corrected chi connectivity index (χ4v) is 3.19. The second kappa shape index (κ2) is 4.99. The van der Waals surface area contributed by atoms with Crippen LogP contribution in [0.15, 0.2) is 18.2 Å². The Morgan fingerprint density at radius 2 is 1.63 bits per heavy atom. The number of amides is 1. The zero-order valence-electron chi connectivity index (χ0n) is 12.0. The van der Waals surface area contributed by atoms with Crippen LogP contribution < -0.4 is 0 Å². The maximum atomic E-state index is 12.8. The van der Waals surface area contributed by atoms with Gasteiger partial charge in [0.2, 0.25) is 0 Å². The quantitative estimate of drug-likeness (QED) is 0.805. The van der Waals surface area contributed by atoms with Crippen molar-refractivity contribution in [3.8, 4) is 0 Å². The van der Waals surface area contributed by atoms with Crippen LogP contribution in [-0.4, -0.2) is 22.9 Å². The Morgan fingerprint density at radius 3 is 2.21 bits per heavy atom. The molecule has 2 saturated carbocycles. The van der Waals surface area contributed by atoms with Gasteiger partial charge in [0.1, 0.15) is 0 Å². The molecule has 2 aliphatic carbocycles. The first-order valence-electron chi connectivity index (χ1n) is 7.57. The van der Waals surface area contributed by atoms with E-state index in [0.29, 0.717) is 12.1 Å². The van der Waals surface area contributed by atoms with Crippen LogP contribution in [-0.2, 0) is 0 Å². The summed E-state index contributed by atoms with van der Waals surface area (Å²) >= 11 is 0. The van der Waals surface area contributed by atoms with E-state index in [0.717, 1.165) is 5.56 Å². The maximum Gasteiger partial charge on any atom is 0.254 e. The highest BCUT2D eigenvalue weighted by Gasteiger charge is 2.38. The Balaban J connectivity index is 1.84. The number of hydrogen-bond donors (Lipinski definition) is 0. The molecule has 0 aliphatic heterocycles. The molecule has 0 aromatic heterocycles. The van der Waals surface area contributed by atoms with Gasteiger partial charge in [-0.2, -0.15) is 0 Å². The molecule has 2 nitrogen and oxygen atoms in total. The fraction of sp³-hybridized carbons (Fsp3) is 0.588. The molecular formula is C17H23NO.